The van der Waals surface area contributed by atoms with Crippen LogP contribution in [-0.2, 0) is 0 Å². The van der Waals surface area contributed by atoms with Gasteiger partial charge in [0, 0.05) is 11.1 Å². The van der Waals surface area contributed by atoms with Gasteiger partial charge in [0.1, 0.15) is 11.5 Å². The second-order valence-corrected chi connectivity index (χ2v) is 3.99. The minimum absolute atomic E-state index is 0.110. The first-order chi connectivity index (χ1) is 9.70. The van der Waals surface area contributed by atoms with E-state index in [9.17, 15) is 4.79 Å². The fourth-order valence-electron chi connectivity index (χ4n) is 1.61. The van der Waals surface area contributed by atoms with Crippen molar-refractivity contribution in [2.45, 2.75) is 0 Å². The molecule has 0 aliphatic carbocycles. The SMILES string of the molecule is COc1ccccc1/C=N/NC(=O)c1ccc(O)cc1. The Bertz CT molecular complexity index is 621. The van der Waals surface area contributed by atoms with Crippen LogP contribution < -0.4 is 10.2 Å². The highest BCUT2D eigenvalue weighted by molar-refractivity contribution is 5.95. The Morgan fingerprint density at radius 3 is 2.60 bits per heavy atom. The third-order valence-corrected chi connectivity index (χ3v) is 2.64. The van der Waals surface area contributed by atoms with Gasteiger partial charge in [-0.15, -0.1) is 0 Å². The number of hydrazone groups is 1. The normalized spacial score (nSPS) is 10.4. The molecule has 2 aromatic carbocycles. The summed E-state index contributed by atoms with van der Waals surface area (Å²) < 4.78 is 5.17. The molecule has 0 unspecified atom stereocenters. The van der Waals surface area contributed by atoms with Crippen LogP contribution in [0.4, 0.5) is 0 Å². The number of ether oxygens (including phenoxy) is 1. The van der Waals surface area contributed by atoms with Crippen molar-refractivity contribution >= 4 is 12.1 Å². The number of carbonyl (C=O) groups is 1. The Balaban J connectivity index is 2.02. The zero-order chi connectivity index (χ0) is 14.4. The Labute approximate surface area is 116 Å². The number of amides is 1. The van der Waals surface area contributed by atoms with Crippen LogP contribution in [0.15, 0.2) is 53.6 Å². The van der Waals surface area contributed by atoms with E-state index in [4.69, 9.17) is 9.84 Å². The smallest absolute Gasteiger partial charge is 0.271 e. The monoisotopic (exact) mass is 270 g/mol. The molecule has 0 heterocycles. The van der Waals surface area contributed by atoms with Crippen LogP contribution >= 0.6 is 0 Å². The van der Waals surface area contributed by atoms with Crippen molar-refractivity contribution in [3.63, 3.8) is 0 Å². The van der Waals surface area contributed by atoms with E-state index in [0.717, 1.165) is 5.56 Å². The van der Waals surface area contributed by atoms with Crippen LogP contribution in [0.3, 0.4) is 0 Å². The minimum Gasteiger partial charge on any atom is -0.508 e. The van der Waals surface area contributed by atoms with Crippen LogP contribution in [0.1, 0.15) is 15.9 Å². The molecule has 0 aliphatic heterocycles. The van der Waals surface area contributed by atoms with Gasteiger partial charge < -0.3 is 9.84 Å². The Hall–Kier alpha value is -2.82. The first-order valence-electron chi connectivity index (χ1n) is 5.96. The molecule has 0 atom stereocenters. The van der Waals surface area contributed by atoms with E-state index in [1.165, 1.54) is 30.5 Å². The summed E-state index contributed by atoms with van der Waals surface area (Å²) in [6.45, 7) is 0. The summed E-state index contributed by atoms with van der Waals surface area (Å²) in [5.74, 6) is 0.436. The Morgan fingerprint density at radius 2 is 1.90 bits per heavy atom. The van der Waals surface area contributed by atoms with Gasteiger partial charge in [0.15, 0.2) is 0 Å². The summed E-state index contributed by atoms with van der Waals surface area (Å²) in [6, 6.07) is 13.3. The molecule has 0 radical (unpaired) electrons. The van der Waals surface area contributed by atoms with E-state index in [1.807, 2.05) is 24.3 Å². The maximum atomic E-state index is 11.8. The molecule has 1 amide bonds. The molecule has 0 spiro atoms. The number of rotatable bonds is 4. The number of nitrogens with zero attached hydrogens (tertiary/aromatic N) is 1. The average molecular weight is 270 g/mol. The highest BCUT2D eigenvalue weighted by Crippen LogP contribution is 2.14. The molecular weight excluding hydrogens is 256 g/mol. The number of hydrogen-bond donors (Lipinski definition) is 2. The third kappa shape index (κ3) is 3.35. The van der Waals surface area contributed by atoms with Gasteiger partial charge in [-0.1, -0.05) is 12.1 Å². The molecule has 0 fully saturated rings. The first kappa shape index (κ1) is 13.6. The van der Waals surface area contributed by atoms with Crippen molar-refractivity contribution in [1.29, 1.82) is 0 Å². The molecule has 20 heavy (non-hydrogen) atoms. The van der Waals surface area contributed by atoms with Gasteiger partial charge in [-0.3, -0.25) is 4.79 Å². The maximum Gasteiger partial charge on any atom is 0.271 e. The van der Waals surface area contributed by atoms with E-state index < -0.39 is 0 Å². The fourth-order valence-corrected chi connectivity index (χ4v) is 1.61. The van der Waals surface area contributed by atoms with Crippen molar-refractivity contribution < 1.29 is 14.6 Å². The van der Waals surface area contributed by atoms with Crippen molar-refractivity contribution in [2.75, 3.05) is 7.11 Å². The van der Waals surface area contributed by atoms with E-state index in [2.05, 4.69) is 10.5 Å². The topological polar surface area (TPSA) is 70.9 Å². The number of hydrogen-bond acceptors (Lipinski definition) is 4. The molecule has 0 aromatic heterocycles. The highest BCUT2D eigenvalue weighted by atomic mass is 16.5. The van der Waals surface area contributed by atoms with Gasteiger partial charge >= 0.3 is 0 Å². The molecule has 2 N–H and O–H groups in total. The van der Waals surface area contributed by atoms with Crippen LogP contribution in [-0.4, -0.2) is 24.3 Å². The maximum absolute atomic E-state index is 11.8. The Kier molecular flexibility index (Phi) is 4.34. The standard InChI is InChI=1S/C15H14N2O3/c1-20-14-5-3-2-4-12(14)10-16-17-15(19)11-6-8-13(18)9-7-11/h2-10,18H,1H3,(H,17,19)/b16-10+. The third-order valence-electron chi connectivity index (χ3n) is 2.64. The van der Waals surface area contributed by atoms with E-state index in [-0.39, 0.29) is 11.7 Å². The van der Waals surface area contributed by atoms with E-state index >= 15 is 0 Å². The van der Waals surface area contributed by atoms with Crippen LogP contribution in [0.2, 0.25) is 0 Å². The lowest BCUT2D eigenvalue weighted by atomic mass is 10.2. The van der Waals surface area contributed by atoms with Gasteiger partial charge in [0.05, 0.1) is 13.3 Å². The average Bonchev–Trinajstić information content (AvgIpc) is 2.48. The molecule has 5 heteroatoms. The number of nitrogens with one attached hydrogen (secondary N) is 1. The molecule has 0 saturated heterocycles. The number of aromatic hydroxyl groups is 1. The molecule has 2 rings (SSSR count). The predicted octanol–water partition coefficient (Wildman–Crippen LogP) is 2.16. The van der Waals surface area contributed by atoms with Gasteiger partial charge in [-0.2, -0.15) is 5.10 Å². The zero-order valence-electron chi connectivity index (χ0n) is 10.9. The number of phenols is 1. The first-order valence-corrected chi connectivity index (χ1v) is 5.96. The van der Waals surface area contributed by atoms with Crippen molar-refractivity contribution in [2.24, 2.45) is 5.10 Å². The summed E-state index contributed by atoms with van der Waals surface area (Å²) in [4.78, 5) is 11.8. The van der Waals surface area contributed by atoms with Crippen LogP contribution in [0.5, 0.6) is 11.5 Å². The second-order valence-electron chi connectivity index (χ2n) is 3.99. The van der Waals surface area contributed by atoms with Crippen molar-refractivity contribution in [3.05, 3.63) is 59.7 Å². The summed E-state index contributed by atoms with van der Waals surface area (Å²) in [6.07, 6.45) is 1.51. The van der Waals surface area contributed by atoms with Crippen molar-refractivity contribution in [1.82, 2.24) is 5.43 Å². The zero-order valence-corrected chi connectivity index (χ0v) is 10.9. The summed E-state index contributed by atoms with van der Waals surface area (Å²) in [7, 11) is 1.57. The van der Waals surface area contributed by atoms with Crippen LogP contribution in [0.25, 0.3) is 0 Å². The molecule has 5 nitrogen and oxygen atoms in total. The van der Waals surface area contributed by atoms with Gasteiger partial charge in [0.2, 0.25) is 0 Å². The summed E-state index contributed by atoms with van der Waals surface area (Å²) >= 11 is 0. The molecule has 102 valence electrons. The molecule has 0 aliphatic rings. The predicted molar refractivity (Wildman–Crippen MR) is 76.2 cm³/mol. The Morgan fingerprint density at radius 1 is 1.20 bits per heavy atom. The molecule has 0 saturated carbocycles. The molecular formula is C15H14N2O3. The lowest BCUT2D eigenvalue weighted by Crippen LogP contribution is -2.17. The van der Waals surface area contributed by atoms with E-state index in [0.29, 0.717) is 11.3 Å². The number of phenolic OH excluding ortho intramolecular Hbond substituents is 1. The number of para-hydroxylation sites is 1. The molecule has 2 aromatic rings. The van der Waals surface area contributed by atoms with Crippen LogP contribution in [0, 0.1) is 0 Å². The highest BCUT2D eigenvalue weighted by Gasteiger charge is 2.03. The lowest BCUT2D eigenvalue weighted by Gasteiger charge is -2.03. The fraction of sp³-hybridized carbons (Fsp3) is 0.0667. The summed E-state index contributed by atoms with van der Waals surface area (Å²) in [5.41, 5.74) is 3.59. The minimum atomic E-state index is -0.351. The van der Waals surface area contributed by atoms with Gasteiger partial charge in [0.25, 0.3) is 5.91 Å². The quantitative estimate of drug-likeness (QED) is 0.660. The second kappa shape index (κ2) is 6.38. The van der Waals surface area contributed by atoms with Crippen molar-refractivity contribution in [3.8, 4) is 11.5 Å². The van der Waals surface area contributed by atoms with Gasteiger partial charge in [-0.05, 0) is 36.4 Å². The number of benzene rings is 2. The molecule has 0 bridgehead atoms. The summed E-state index contributed by atoms with van der Waals surface area (Å²) in [5, 5.41) is 13.0. The van der Waals surface area contributed by atoms with Gasteiger partial charge in [-0.25, -0.2) is 5.43 Å². The lowest BCUT2D eigenvalue weighted by molar-refractivity contribution is 0.0955. The largest absolute Gasteiger partial charge is 0.508 e. The number of methoxy groups -OCH3 is 1. The number of carbonyl (C=O) groups excluding carboxylic acids is 1. The van der Waals surface area contributed by atoms with E-state index in [1.54, 1.807) is 7.11 Å².